The Morgan fingerprint density at radius 1 is 1.25 bits per heavy atom. The van der Waals surface area contributed by atoms with Crippen molar-refractivity contribution in [2.75, 3.05) is 0 Å². The summed E-state index contributed by atoms with van der Waals surface area (Å²) in [6.07, 6.45) is 4.44. The summed E-state index contributed by atoms with van der Waals surface area (Å²) < 4.78 is 5.85. The van der Waals surface area contributed by atoms with Gasteiger partial charge in [-0.25, -0.2) is 0 Å². The number of hydrogen-bond donors (Lipinski definition) is 1. The summed E-state index contributed by atoms with van der Waals surface area (Å²) in [5.74, 6) is 0.908. The van der Waals surface area contributed by atoms with E-state index in [1.807, 2.05) is 24.4 Å². The Kier molecular flexibility index (Phi) is 3.97. The zero-order chi connectivity index (χ0) is 13.8. The first-order valence-electron chi connectivity index (χ1n) is 7.17. The highest BCUT2D eigenvalue weighted by molar-refractivity contribution is 5.29. The van der Waals surface area contributed by atoms with Crippen LogP contribution in [-0.4, -0.2) is 11.0 Å². The average molecular weight is 268 g/mol. The molecule has 104 valence electrons. The molecule has 0 amide bonds. The van der Waals surface area contributed by atoms with E-state index >= 15 is 0 Å². The number of rotatable bonds is 6. The van der Waals surface area contributed by atoms with E-state index < -0.39 is 0 Å². The molecule has 0 atom stereocenters. The summed E-state index contributed by atoms with van der Waals surface area (Å²) in [4.78, 5) is 4.35. The summed E-state index contributed by atoms with van der Waals surface area (Å²) in [6, 6.07) is 13.0. The van der Waals surface area contributed by atoms with Gasteiger partial charge in [0.15, 0.2) is 0 Å². The predicted octanol–water partition coefficient (Wildman–Crippen LogP) is 3.22. The van der Waals surface area contributed by atoms with Crippen LogP contribution in [0.2, 0.25) is 0 Å². The summed E-state index contributed by atoms with van der Waals surface area (Å²) in [5.41, 5.74) is 3.43. The van der Waals surface area contributed by atoms with Crippen molar-refractivity contribution in [3.63, 3.8) is 0 Å². The van der Waals surface area contributed by atoms with Crippen LogP contribution in [0.15, 0.2) is 42.6 Å². The molecule has 1 aliphatic rings. The summed E-state index contributed by atoms with van der Waals surface area (Å²) >= 11 is 0. The maximum atomic E-state index is 5.85. The number of nitrogens with zero attached hydrogens (tertiary/aromatic N) is 1. The molecule has 2 aromatic rings. The van der Waals surface area contributed by atoms with Crippen molar-refractivity contribution in [1.29, 1.82) is 0 Å². The lowest BCUT2D eigenvalue weighted by atomic mass is 10.2. The molecule has 1 aromatic heterocycles. The zero-order valence-corrected chi connectivity index (χ0v) is 11.8. The van der Waals surface area contributed by atoms with Gasteiger partial charge in [-0.2, -0.15) is 0 Å². The molecule has 1 fully saturated rings. The molecular formula is C17H20N2O. The molecule has 1 aliphatic carbocycles. The molecule has 1 N–H and O–H groups in total. The topological polar surface area (TPSA) is 34.1 Å². The second-order valence-electron chi connectivity index (χ2n) is 5.36. The van der Waals surface area contributed by atoms with Gasteiger partial charge in [0.1, 0.15) is 12.4 Å². The van der Waals surface area contributed by atoms with E-state index in [2.05, 4.69) is 35.4 Å². The molecule has 1 heterocycles. The molecule has 0 unspecified atom stereocenters. The summed E-state index contributed by atoms with van der Waals surface area (Å²) in [6.45, 7) is 3.50. The van der Waals surface area contributed by atoms with E-state index in [0.717, 1.165) is 24.0 Å². The Morgan fingerprint density at radius 3 is 2.95 bits per heavy atom. The third-order valence-electron chi connectivity index (χ3n) is 3.56. The maximum Gasteiger partial charge on any atom is 0.130 e. The second kappa shape index (κ2) is 6.06. The Balaban J connectivity index is 1.59. The lowest BCUT2D eigenvalue weighted by molar-refractivity contribution is 0.300. The Morgan fingerprint density at radius 2 is 2.15 bits per heavy atom. The smallest absolute Gasteiger partial charge is 0.130 e. The second-order valence-corrected chi connectivity index (χ2v) is 5.36. The van der Waals surface area contributed by atoms with Gasteiger partial charge in [0.05, 0.1) is 5.69 Å². The van der Waals surface area contributed by atoms with Crippen LogP contribution in [0.3, 0.4) is 0 Å². The van der Waals surface area contributed by atoms with Gasteiger partial charge in [0, 0.05) is 18.8 Å². The van der Waals surface area contributed by atoms with Gasteiger partial charge in [-0.1, -0.05) is 18.2 Å². The Labute approximate surface area is 120 Å². The van der Waals surface area contributed by atoms with Crippen molar-refractivity contribution in [1.82, 2.24) is 10.3 Å². The Hall–Kier alpha value is -1.87. The van der Waals surface area contributed by atoms with E-state index in [1.54, 1.807) is 0 Å². The highest BCUT2D eigenvalue weighted by Gasteiger charge is 2.19. The van der Waals surface area contributed by atoms with Crippen LogP contribution >= 0.6 is 0 Å². The van der Waals surface area contributed by atoms with Crippen molar-refractivity contribution in [3.8, 4) is 5.75 Å². The number of ether oxygens (including phenoxy) is 1. The number of aryl methyl sites for hydroxylation is 1. The maximum absolute atomic E-state index is 5.85. The summed E-state index contributed by atoms with van der Waals surface area (Å²) in [7, 11) is 0. The standard InChI is InChI=1S/C17H20N2O/c1-13-4-3-9-18-17(13)12-20-16-6-2-5-14(10-16)11-19-15-7-8-15/h2-6,9-10,15,19H,7-8,11-12H2,1H3. The fourth-order valence-electron chi connectivity index (χ4n) is 2.12. The van der Waals surface area contributed by atoms with Crippen LogP contribution in [-0.2, 0) is 13.2 Å². The van der Waals surface area contributed by atoms with Crippen molar-refractivity contribution in [2.45, 2.75) is 39.0 Å². The largest absolute Gasteiger partial charge is 0.487 e. The first-order valence-corrected chi connectivity index (χ1v) is 7.17. The third-order valence-corrected chi connectivity index (χ3v) is 3.56. The minimum Gasteiger partial charge on any atom is -0.487 e. The fraction of sp³-hybridized carbons (Fsp3) is 0.353. The number of aromatic nitrogens is 1. The lowest BCUT2D eigenvalue weighted by Crippen LogP contribution is -2.15. The minimum atomic E-state index is 0.520. The van der Waals surface area contributed by atoms with Gasteiger partial charge < -0.3 is 10.1 Å². The lowest BCUT2D eigenvalue weighted by Gasteiger charge is -2.09. The van der Waals surface area contributed by atoms with Crippen molar-refractivity contribution < 1.29 is 4.74 Å². The quantitative estimate of drug-likeness (QED) is 0.873. The van der Waals surface area contributed by atoms with Crippen LogP contribution in [0.1, 0.15) is 29.7 Å². The number of pyridine rings is 1. The normalized spacial score (nSPS) is 14.2. The molecule has 0 aliphatic heterocycles. The van der Waals surface area contributed by atoms with Crippen LogP contribution < -0.4 is 10.1 Å². The molecular weight excluding hydrogens is 248 g/mol. The van der Waals surface area contributed by atoms with E-state index in [9.17, 15) is 0 Å². The minimum absolute atomic E-state index is 0.520. The van der Waals surface area contributed by atoms with E-state index in [4.69, 9.17) is 4.74 Å². The molecule has 3 heteroatoms. The van der Waals surface area contributed by atoms with Crippen LogP contribution in [0.25, 0.3) is 0 Å². The first-order chi connectivity index (χ1) is 9.81. The van der Waals surface area contributed by atoms with Crippen molar-refractivity contribution >= 4 is 0 Å². The van der Waals surface area contributed by atoms with Crippen LogP contribution in [0, 0.1) is 6.92 Å². The van der Waals surface area contributed by atoms with Crippen LogP contribution in [0.5, 0.6) is 5.75 Å². The van der Waals surface area contributed by atoms with E-state index in [1.165, 1.54) is 24.0 Å². The van der Waals surface area contributed by atoms with E-state index in [-0.39, 0.29) is 0 Å². The van der Waals surface area contributed by atoms with Gasteiger partial charge in [0.25, 0.3) is 0 Å². The monoisotopic (exact) mass is 268 g/mol. The molecule has 3 rings (SSSR count). The molecule has 1 saturated carbocycles. The Bertz CT molecular complexity index is 579. The SMILES string of the molecule is Cc1cccnc1COc1cccc(CNC2CC2)c1. The number of hydrogen-bond acceptors (Lipinski definition) is 3. The molecule has 0 spiro atoms. The molecule has 0 bridgehead atoms. The fourth-order valence-corrected chi connectivity index (χ4v) is 2.12. The number of nitrogens with one attached hydrogen (secondary N) is 1. The molecule has 0 radical (unpaired) electrons. The van der Waals surface area contributed by atoms with Gasteiger partial charge in [-0.3, -0.25) is 4.98 Å². The van der Waals surface area contributed by atoms with E-state index in [0.29, 0.717) is 6.61 Å². The first kappa shape index (κ1) is 13.1. The van der Waals surface area contributed by atoms with Gasteiger partial charge >= 0.3 is 0 Å². The highest BCUT2D eigenvalue weighted by Crippen LogP contribution is 2.20. The molecule has 20 heavy (non-hydrogen) atoms. The zero-order valence-electron chi connectivity index (χ0n) is 11.8. The predicted molar refractivity (Wildman–Crippen MR) is 79.6 cm³/mol. The summed E-state index contributed by atoms with van der Waals surface area (Å²) in [5, 5.41) is 3.52. The third kappa shape index (κ3) is 3.58. The molecule has 0 saturated heterocycles. The highest BCUT2D eigenvalue weighted by atomic mass is 16.5. The van der Waals surface area contributed by atoms with Gasteiger partial charge in [0.2, 0.25) is 0 Å². The van der Waals surface area contributed by atoms with Crippen LogP contribution in [0.4, 0.5) is 0 Å². The van der Waals surface area contributed by atoms with Crippen molar-refractivity contribution in [3.05, 3.63) is 59.4 Å². The average Bonchev–Trinajstić information content (AvgIpc) is 3.29. The number of benzene rings is 1. The molecule has 1 aromatic carbocycles. The molecule has 3 nitrogen and oxygen atoms in total. The van der Waals surface area contributed by atoms with Gasteiger partial charge in [-0.05, 0) is 49.1 Å². The van der Waals surface area contributed by atoms with Gasteiger partial charge in [-0.15, -0.1) is 0 Å². The van der Waals surface area contributed by atoms with Crippen molar-refractivity contribution in [2.24, 2.45) is 0 Å².